The van der Waals surface area contributed by atoms with Crippen molar-refractivity contribution in [1.29, 1.82) is 0 Å². The molecule has 1 saturated heterocycles. The predicted octanol–water partition coefficient (Wildman–Crippen LogP) is 3.95. The summed E-state index contributed by atoms with van der Waals surface area (Å²) >= 11 is 0. The SMILES string of the molecule is CC(C)(C)S(=O)(=O)c1ccc(NC2CCOC3(CCCCC3)C2)cn1. The minimum absolute atomic E-state index is 0.0527. The molecular weight excluding hydrogens is 336 g/mol. The average Bonchev–Trinajstić information content (AvgIpc) is 2.55. The summed E-state index contributed by atoms with van der Waals surface area (Å²) in [6.45, 7) is 5.88. The fourth-order valence-corrected chi connectivity index (χ4v) is 4.94. The van der Waals surface area contributed by atoms with E-state index in [0.717, 1.165) is 38.0 Å². The predicted molar refractivity (Wildman–Crippen MR) is 99.6 cm³/mol. The van der Waals surface area contributed by atoms with E-state index in [0.29, 0.717) is 6.04 Å². The Kier molecular flexibility index (Phi) is 5.13. The van der Waals surface area contributed by atoms with Crippen molar-refractivity contribution in [3.05, 3.63) is 18.3 Å². The van der Waals surface area contributed by atoms with Gasteiger partial charge in [0.25, 0.3) is 0 Å². The third-order valence-corrected chi connectivity index (χ3v) is 7.85. The van der Waals surface area contributed by atoms with Crippen molar-refractivity contribution in [2.24, 2.45) is 0 Å². The van der Waals surface area contributed by atoms with Gasteiger partial charge in [0.1, 0.15) is 0 Å². The summed E-state index contributed by atoms with van der Waals surface area (Å²) in [7, 11) is -3.41. The van der Waals surface area contributed by atoms with Crippen molar-refractivity contribution in [2.45, 2.75) is 87.1 Å². The van der Waals surface area contributed by atoms with Gasteiger partial charge in [-0.15, -0.1) is 0 Å². The lowest BCUT2D eigenvalue weighted by Gasteiger charge is -2.43. The Morgan fingerprint density at radius 1 is 1.20 bits per heavy atom. The number of ether oxygens (including phenoxy) is 1. The molecule has 0 aromatic carbocycles. The van der Waals surface area contributed by atoms with Crippen molar-refractivity contribution in [2.75, 3.05) is 11.9 Å². The van der Waals surface area contributed by atoms with E-state index in [-0.39, 0.29) is 10.6 Å². The Morgan fingerprint density at radius 2 is 1.92 bits per heavy atom. The minimum Gasteiger partial charge on any atom is -0.381 e. The second-order valence-electron chi connectivity index (χ2n) is 8.43. The molecule has 1 atom stereocenters. The van der Waals surface area contributed by atoms with Gasteiger partial charge in [0, 0.05) is 12.6 Å². The third kappa shape index (κ3) is 4.00. The van der Waals surface area contributed by atoms with Crippen molar-refractivity contribution < 1.29 is 13.2 Å². The zero-order valence-corrected chi connectivity index (χ0v) is 16.4. The topological polar surface area (TPSA) is 68.3 Å². The highest BCUT2D eigenvalue weighted by molar-refractivity contribution is 7.92. The Labute approximate surface area is 151 Å². The standard InChI is InChI=1S/C19H30N2O3S/c1-18(2,3)25(22,23)17-8-7-16(14-20-17)21-15-9-12-24-19(13-15)10-5-4-6-11-19/h7-8,14-15,21H,4-6,9-13H2,1-3H3. The summed E-state index contributed by atoms with van der Waals surface area (Å²) in [5, 5.41) is 3.67. The summed E-state index contributed by atoms with van der Waals surface area (Å²) in [6, 6.07) is 3.80. The molecule has 2 heterocycles. The molecular formula is C19H30N2O3S. The number of aromatic nitrogens is 1. The zero-order valence-electron chi connectivity index (χ0n) is 15.5. The maximum atomic E-state index is 12.5. The molecule has 1 aliphatic heterocycles. The lowest BCUT2D eigenvalue weighted by Crippen LogP contribution is -2.45. The van der Waals surface area contributed by atoms with Crippen LogP contribution in [0.4, 0.5) is 5.69 Å². The fraction of sp³-hybridized carbons (Fsp3) is 0.737. The molecule has 1 saturated carbocycles. The van der Waals surface area contributed by atoms with Crippen LogP contribution in [0, 0.1) is 0 Å². The van der Waals surface area contributed by atoms with E-state index in [1.54, 1.807) is 33.0 Å². The molecule has 3 rings (SSSR count). The first-order valence-corrected chi connectivity index (χ1v) is 10.8. The van der Waals surface area contributed by atoms with Crippen LogP contribution in [0.1, 0.15) is 65.7 Å². The summed E-state index contributed by atoms with van der Waals surface area (Å²) in [5.74, 6) is 0. The number of nitrogens with one attached hydrogen (secondary N) is 1. The minimum atomic E-state index is -3.41. The Bertz CT molecular complexity index is 681. The van der Waals surface area contributed by atoms with E-state index in [2.05, 4.69) is 10.3 Å². The van der Waals surface area contributed by atoms with Crippen molar-refractivity contribution in [3.63, 3.8) is 0 Å². The highest BCUT2D eigenvalue weighted by Crippen LogP contribution is 2.39. The molecule has 1 aliphatic carbocycles. The number of rotatable bonds is 3. The summed E-state index contributed by atoms with van der Waals surface area (Å²) < 4.78 is 30.2. The first kappa shape index (κ1) is 18.6. The summed E-state index contributed by atoms with van der Waals surface area (Å²) in [6.07, 6.45) is 9.79. The van der Waals surface area contributed by atoms with Crippen LogP contribution in [0.15, 0.2) is 23.4 Å². The van der Waals surface area contributed by atoms with Gasteiger partial charge in [0.15, 0.2) is 14.9 Å². The second-order valence-corrected chi connectivity index (χ2v) is 11.1. The summed E-state index contributed by atoms with van der Waals surface area (Å²) in [5.41, 5.74) is 0.933. The lowest BCUT2D eigenvalue weighted by atomic mass is 9.78. The molecule has 0 bridgehead atoms. The van der Waals surface area contributed by atoms with Gasteiger partial charge in [-0.2, -0.15) is 0 Å². The number of pyridine rings is 1. The van der Waals surface area contributed by atoms with Crippen LogP contribution < -0.4 is 5.32 Å². The average molecular weight is 367 g/mol. The van der Waals surface area contributed by atoms with E-state index < -0.39 is 14.6 Å². The van der Waals surface area contributed by atoms with Crippen molar-refractivity contribution >= 4 is 15.5 Å². The molecule has 0 radical (unpaired) electrons. The first-order chi connectivity index (χ1) is 11.7. The molecule has 140 valence electrons. The van der Waals surface area contributed by atoms with Crippen molar-refractivity contribution in [3.8, 4) is 0 Å². The number of nitrogens with zero attached hydrogens (tertiary/aromatic N) is 1. The van der Waals surface area contributed by atoms with E-state index in [1.807, 2.05) is 6.07 Å². The molecule has 6 heteroatoms. The van der Waals surface area contributed by atoms with Crippen LogP contribution in [0.5, 0.6) is 0 Å². The van der Waals surface area contributed by atoms with Crippen LogP contribution in [0.2, 0.25) is 0 Å². The van der Waals surface area contributed by atoms with E-state index >= 15 is 0 Å². The van der Waals surface area contributed by atoms with Crippen LogP contribution in [-0.4, -0.2) is 36.4 Å². The molecule has 1 aromatic heterocycles. The number of hydrogen-bond donors (Lipinski definition) is 1. The van der Waals surface area contributed by atoms with Gasteiger partial charge >= 0.3 is 0 Å². The summed E-state index contributed by atoms with van der Waals surface area (Å²) in [4.78, 5) is 4.20. The number of hydrogen-bond acceptors (Lipinski definition) is 5. The molecule has 5 nitrogen and oxygen atoms in total. The monoisotopic (exact) mass is 366 g/mol. The molecule has 0 amide bonds. The highest BCUT2D eigenvalue weighted by atomic mass is 32.2. The molecule has 2 aliphatic rings. The lowest BCUT2D eigenvalue weighted by molar-refractivity contribution is -0.103. The van der Waals surface area contributed by atoms with Gasteiger partial charge in [0.05, 0.1) is 22.2 Å². The first-order valence-electron chi connectivity index (χ1n) is 9.33. The second kappa shape index (κ2) is 6.88. The van der Waals surface area contributed by atoms with E-state index in [9.17, 15) is 8.42 Å². The Balaban J connectivity index is 1.67. The molecule has 1 unspecified atom stereocenters. The van der Waals surface area contributed by atoms with Gasteiger partial charge < -0.3 is 10.1 Å². The highest BCUT2D eigenvalue weighted by Gasteiger charge is 2.38. The molecule has 2 fully saturated rings. The van der Waals surface area contributed by atoms with E-state index in [1.165, 1.54) is 19.3 Å². The Morgan fingerprint density at radius 3 is 2.52 bits per heavy atom. The maximum Gasteiger partial charge on any atom is 0.200 e. The van der Waals surface area contributed by atoms with Crippen molar-refractivity contribution in [1.82, 2.24) is 4.98 Å². The number of sulfone groups is 1. The normalized spacial score (nSPS) is 24.2. The smallest absolute Gasteiger partial charge is 0.200 e. The fourth-order valence-electron chi connectivity index (χ4n) is 3.87. The molecule has 1 aromatic rings. The molecule has 1 N–H and O–H groups in total. The molecule has 25 heavy (non-hydrogen) atoms. The Hall–Kier alpha value is -1.14. The van der Waals surface area contributed by atoms with Gasteiger partial charge in [-0.1, -0.05) is 19.3 Å². The largest absolute Gasteiger partial charge is 0.381 e. The maximum absolute atomic E-state index is 12.5. The van der Waals surface area contributed by atoms with E-state index in [4.69, 9.17) is 4.74 Å². The quantitative estimate of drug-likeness (QED) is 0.877. The van der Waals surface area contributed by atoms with Crippen LogP contribution in [-0.2, 0) is 14.6 Å². The van der Waals surface area contributed by atoms with Gasteiger partial charge in [-0.25, -0.2) is 13.4 Å². The third-order valence-electron chi connectivity index (χ3n) is 5.45. The molecule has 1 spiro atoms. The van der Waals surface area contributed by atoms with Crippen LogP contribution in [0.25, 0.3) is 0 Å². The van der Waals surface area contributed by atoms with Gasteiger partial charge in [-0.05, 0) is 58.6 Å². The van der Waals surface area contributed by atoms with Gasteiger partial charge in [-0.3, -0.25) is 0 Å². The van der Waals surface area contributed by atoms with Crippen LogP contribution in [0.3, 0.4) is 0 Å². The zero-order chi connectivity index (χ0) is 18.1. The van der Waals surface area contributed by atoms with Crippen LogP contribution >= 0.6 is 0 Å². The number of anilines is 1. The van der Waals surface area contributed by atoms with Gasteiger partial charge in [0.2, 0.25) is 0 Å².